The van der Waals surface area contributed by atoms with Crippen LogP contribution in [0, 0.1) is 0 Å². The highest BCUT2D eigenvalue weighted by Gasteiger charge is 2.34. The van der Waals surface area contributed by atoms with Crippen molar-refractivity contribution in [2.45, 2.75) is 19.3 Å². The van der Waals surface area contributed by atoms with Crippen LogP contribution in [-0.2, 0) is 0 Å². The van der Waals surface area contributed by atoms with Crippen LogP contribution >= 0.6 is 0 Å². The lowest BCUT2D eigenvalue weighted by Gasteiger charge is -2.37. The first-order chi connectivity index (χ1) is 12.9. The number of methoxy groups -OCH3 is 1. The van der Waals surface area contributed by atoms with Gasteiger partial charge in [0.15, 0.2) is 17.2 Å². The number of nitrogens with zero attached hydrogens (tertiary/aromatic N) is 3. The first-order valence-corrected chi connectivity index (χ1v) is 9.12. The topological polar surface area (TPSA) is 37.3 Å². The molecule has 3 heterocycles. The Kier molecular flexibility index (Phi) is 3.59. The fourth-order valence-electron chi connectivity index (χ4n) is 3.92. The summed E-state index contributed by atoms with van der Waals surface area (Å²) in [6, 6.07) is 14.2. The zero-order valence-electron chi connectivity index (χ0n) is 14.8. The third kappa shape index (κ3) is 2.27. The van der Waals surface area contributed by atoms with E-state index in [1.54, 1.807) is 7.11 Å². The van der Waals surface area contributed by atoms with Crippen molar-refractivity contribution in [1.29, 1.82) is 0 Å². The van der Waals surface area contributed by atoms with E-state index in [1.165, 1.54) is 5.84 Å². The Bertz CT molecular complexity index is 919. The zero-order valence-corrected chi connectivity index (χ0v) is 14.8. The maximum atomic E-state index is 6.21. The van der Waals surface area contributed by atoms with E-state index < -0.39 is 0 Å². The van der Waals surface area contributed by atoms with Gasteiger partial charge < -0.3 is 14.4 Å². The van der Waals surface area contributed by atoms with Crippen LogP contribution in [0.15, 0.2) is 59.4 Å². The second-order valence-corrected chi connectivity index (χ2v) is 6.62. The predicted molar refractivity (Wildman–Crippen MR) is 103 cm³/mol. The molecular weight excluding hydrogens is 326 g/mol. The van der Waals surface area contributed by atoms with Crippen LogP contribution < -0.4 is 14.4 Å². The number of ether oxygens (including phenoxy) is 2. The van der Waals surface area contributed by atoms with Crippen molar-refractivity contribution in [2.75, 3.05) is 25.1 Å². The van der Waals surface area contributed by atoms with Crippen LogP contribution in [-0.4, -0.2) is 30.9 Å². The predicted octanol–water partition coefficient (Wildman–Crippen LogP) is 4.68. The molecule has 26 heavy (non-hydrogen) atoms. The van der Waals surface area contributed by atoms with Gasteiger partial charge in [0.2, 0.25) is 0 Å². The standard InChI is InChI=1S/C21H21N3O2/c1-25-18-10-4-8-16-21(18)26-17-9-3-2-7-15(17)24(16)20-12-6-14-23(20)19-11-5-13-22-19/h2-4,7-10,12H,5-6,11,13-14H2,1H3. The van der Waals surface area contributed by atoms with Gasteiger partial charge in [-0.25, -0.2) is 0 Å². The molecule has 3 aliphatic heterocycles. The van der Waals surface area contributed by atoms with Crippen molar-refractivity contribution in [1.82, 2.24) is 4.90 Å². The van der Waals surface area contributed by atoms with Gasteiger partial charge in [-0.3, -0.25) is 9.89 Å². The largest absolute Gasteiger partial charge is 0.493 e. The van der Waals surface area contributed by atoms with Crippen molar-refractivity contribution in [3.05, 3.63) is 54.4 Å². The first kappa shape index (κ1) is 15.3. The van der Waals surface area contributed by atoms with Crippen LogP contribution in [0.1, 0.15) is 19.3 Å². The lowest BCUT2D eigenvalue weighted by atomic mass is 10.1. The van der Waals surface area contributed by atoms with E-state index in [4.69, 9.17) is 14.5 Å². The van der Waals surface area contributed by atoms with Gasteiger partial charge in [0.25, 0.3) is 0 Å². The first-order valence-electron chi connectivity index (χ1n) is 9.12. The van der Waals surface area contributed by atoms with Crippen LogP contribution in [0.25, 0.3) is 0 Å². The van der Waals surface area contributed by atoms with Crippen LogP contribution in [0.5, 0.6) is 17.2 Å². The molecule has 5 rings (SSSR count). The number of hydrogen-bond donors (Lipinski definition) is 0. The number of benzene rings is 2. The molecule has 0 aliphatic carbocycles. The Balaban J connectivity index is 1.67. The molecular formula is C21H21N3O2. The lowest BCUT2D eigenvalue weighted by molar-refractivity contribution is 0.376. The van der Waals surface area contributed by atoms with Crippen LogP contribution in [0.2, 0.25) is 0 Å². The highest BCUT2D eigenvalue weighted by molar-refractivity contribution is 5.89. The summed E-state index contributed by atoms with van der Waals surface area (Å²) in [6.07, 6.45) is 5.51. The minimum Gasteiger partial charge on any atom is -0.493 e. The van der Waals surface area contributed by atoms with Crippen molar-refractivity contribution >= 4 is 17.2 Å². The van der Waals surface area contributed by atoms with Gasteiger partial charge in [0.1, 0.15) is 11.7 Å². The number of fused-ring (bicyclic) bond motifs is 2. The Morgan fingerprint density at radius 2 is 1.96 bits per heavy atom. The quantitative estimate of drug-likeness (QED) is 0.790. The fourth-order valence-corrected chi connectivity index (χ4v) is 3.92. The summed E-state index contributed by atoms with van der Waals surface area (Å²) < 4.78 is 11.8. The summed E-state index contributed by atoms with van der Waals surface area (Å²) in [5.41, 5.74) is 2.05. The summed E-state index contributed by atoms with van der Waals surface area (Å²) in [6.45, 7) is 1.91. The molecule has 5 nitrogen and oxygen atoms in total. The molecule has 0 aromatic heterocycles. The third-order valence-corrected chi connectivity index (χ3v) is 5.09. The number of rotatable bonds is 2. The molecule has 5 heteroatoms. The minimum absolute atomic E-state index is 0.741. The Morgan fingerprint density at radius 3 is 2.81 bits per heavy atom. The molecule has 0 saturated carbocycles. The highest BCUT2D eigenvalue weighted by atomic mass is 16.5. The third-order valence-electron chi connectivity index (χ3n) is 5.09. The van der Waals surface area contributed by atoms with Gasteiger partial charge in [-0.15, -0.1) is 0 Å². The van der Waals surface area contributed by atoms with Gasteiger partial charge in [0.05, 0.1) is 18.5 Å². The fraction of sp³-hybridized carbons (Fsp3) is 0.286. The van der Waals surface area contributed by atoms with E-state index in [9.17, 15) is 0 Å². The van der Waals surface area contributed by atoms with Crippen molar-refractivity contribution in [2.24, 2.45) is 4.99 Å². The second-order valence-electron chi connectivity index (χ2n) is 6.62. The molecule has 0 fully saturated rings. The summed E-state index contributed by atoms with van der Waals surface area (Å²) in [5, 5.41) is 0. The molecule has 0 atom stereocenters. The van der Waals surface area contributed by atoms with E-state index in [0.717, 1.165) is 66.8 Å². The maximum absolute atomic E-state index is 6.21. The Hall–Kier alpha value is -2.95. The van der Waals surface area contributed by atoms with E-state index in [0.29, 0.717) is 0 Å². The molecule has 132 valence electrons. The molecule has 2 aromatic carbocycles. The van der Waals surface area contributed by atoms with Gasteiger partial charge in [-0.1, -0.05) is 18.2 Å². The molecule has 0 saturated heterocycles. The van der Waals surface area contributed by atoms with Gasteiger partial charge >= 0.3 is 0 Å². The van der Waals surface area contributed by atoms with Gasteiger partial charge in [-0.2, -0.15) is 0 Å². The number of hydrogen-bond acceptors (Lipinski definition) is 5. The summed E-state index contributed by atoms with van der Waals surface area (Å²) in [5.74, 6) is 4.70. The average Bonchev–Trinajstić information content (AvgIpc) is 3.36. The van der Waals surface area contributed by atoms with Crippen molar-refractivity contribution in [3.8, 4) is 17.2 Å². The molecule has 0 radical (unpaired) electrons. The van der Waals surface area contributed by atoms with E-state index in [1.807, 2.05) is 30.3 Å². The molecule has 0 N–H and O–H groups in total. The maximum Gasteiger partial charge on any atom is 0.193 e. The van der Waals surface area contributed by atoms with Crippen LogP contribution in [0.4, 0.5) is 11.4 Å². The lowest BCUT2D eigenvalue weighted by Crippen LogP contribution is -2.35. The van der Waals surface area contributed by atoms with E-state index >= 15 is 0 Å². The highest BCUT2D eigenvalue weighted by Crippen LogP contribution is 2.52. The van der Waals surface area contributed by atoms with E-state index in [-0.39, 0.29) is 0 Å². The minimum atomic E-state index is 0.741. The zero-order chi connectivity index (χ0) is 17.5. The molecule has 0 amide bonds. The summed E-state index contributed by atoms with van der Waals surface area (Å²) in [4.78, 5) is 9.37. The number of aliphatic imine (C=N–C) groups is 1. The van der Waals surface area contributed by atoms with E-state index in [2.05, 4.69) is 28.0 Å². The second kappa shape index (κ2) is 6.09. The summed E-state index contributed by atoms with van der Waals surface area (Å²) in [7, 11) is 1.68. The molecule has 2 aromatic rings. The number of para-hydroxylation sites is 3. The van der Waals surface area contributed by atoms with Crippen LogP contribution in [0.3, 0.4) is 0 Å². The Morgan fingerprint density at radius 1 is 1.08 bits per heavy atom. The Labute approximate surface area is 153 Å². The monoisotopic (exact) mass is 347 g/mol. The van der Waals surface area contributed by atoms with Gasteiger partial charge in [-0.05, 0) is 43.2 Å². The van der Waals surface area contributed by atoms with Crippen molar-refractivity contribution in [3.63, 3.8) is 0 Å². The van der Waals surface area contributed by atoms with Crippen molar-refractivity contribution < 1.29 is 9.47 Å². The molecule has 0 bridgehead atoms. The average molecular weight is 347 g/mol. The summed E-state index contributed by atoms with van der Waals surface area (Å²) >= 11 is 0. The number of anilines is 2. The molecule has 0 unspecified atom stereocenters. The normalized spacial score (nSPS) is 18.0. The SMILES string of the molecule is COc1cccc2c1Oc1ccccc1N2C1=CCCN1C1=NCCC1. The molecule has 3 aliphatic rings. The smallest absolute Gasteiger partial charge is 0.193 e. The van der Waals surface area contributed by atoms with Gasteiger partial charge in [0, 0.05) is 19.5 Å². The number of amidine groups is 1. The molecule has 0 spiro atoms.